The third-order valence-electron chi connectivity index (χ3n) is 1.93. The Kier molecular flexibility index (Phi) is 4.22. The highest BCUT2D eigenvalue weighted by Crippen LogP contribution is 2.27. The van der Waals surface area contributed by atoms with E-state index in [4.69, 9.17) is 5.11 Å². The zero-order chi connectivity index (χ0) is 10.4. The van der Waals surface area contributed by atoms with Gasteiger partial charge >= 0.3 is 0 Å². The largest absolute Gasteiger partial charge is 0.504 e. The van der Waals surface area contributed by atoms with Crippen molar-refractivity contribution in [2.45, 2.75) is 13.0 Å². The second-order valence-corrected chi connectivity index (χ2v) is 3.04. The second kappa shape index (κ2) is 5.47. The van der Waals surface area contributed by atoms with Crippen molar-refractivity contribution in [1.29, 1.82) is 0 Å². The molecule has 4 N–H and O–H groups in total. The highest BCUT2D eigenvalue weighted by atomic mass is 16.3. The molecule has 1 rings (SSSR count). The van der Waals surface area contributed by atoms with Crippen LogP contribution in [0.1, 0.15) is 12.0 Å². The number of benzene rings is 1. The van der Waals surface area contributed by atoms with Crippen molar-refractivity contribution in [2.24, 2.45) is 0 Å². The molecule has 0 amide bonds. The summed E-state index contributed by atoms with van der Waals surface area (Å²) in [5.41, 5.74) is 0.655. The first-order valence-electron chi connectivity index (χ1n) is 4.57. The molecule has 4 nitrogen and oxygen atoms in total. The summed E-state index contributed by atoms with van der Waals surface area (Å²) >= 11 is 0. The van der Waals surface area contributed by atoms with Crippen LogP contribution < -0.4 is 5.32 Å². The summed E-state index contributed by atoms with van der Waals surface area (Å²) in [4.78, 5) is 0. The lowest BCUT2D eigenvalue weighted by atomic mass is 10.2. The van der Waals surface area contributed by atoms with Crippen LogP contribution in [0.15, 0.2) is 18.2 Å². The van der Waals surface area contributed by atoms with E-state index >= 15 is 0 Å². The molecule has 0 spiro atoms. The summed E-state index contributed by atoms with van der Waals surface area (Å²) in [6.07, 6.45) is 0.680. The Morgan fingerprint density at radius 1 is 1.21 bits per heavy atom. The molecule has 1 aromatic rings. The Hall–Kier alpha value is -1.26. The van der Waals surface area contributed by atoms with Gasteiger partial charge in [-0.2, -0.15) is 0 Å². The van der Waals surface area contributed by atoms with Crippen molar-refractivity contribution in [2.75, 3.05) is 13.2 Å². The molecule has 1 aromatic carbocycles. The van der Waals surface area contributed by atoms with Crippen molar-refractivity contribution in [3.63, 3.8) is 0 Å². The fourth-order valence-corrected chi connectivity index (χ4v) is 1.15. The highest BCUT2D eigenvalue weighted by molar-refractivity contribution is 5.44. The van der Waals surface area contributed by atoms with Gasteiger partial charge in [-0.15, -0.1) is 0 Å². The zero-order valence-electron chi connectivity index (χ0n) is 7.90. The molecule has 0 bridgehead atoms. The van der Waals surface area contributed by atoms with Crippen LogP contribution in [0.3, 0.4) is 0 Å². The molecule has 0 aliphatic rings. The average molecular weight is 197 g/mol. The minimum absolute atomic E-state index is 0.0796. The third-order valence-corrected chi connectivity index (χ3v) is 1.93. The number of rotatable bonds is 5. The van der Waals surface area contributed by atoms with Crippen LogP contribution in [0, 0.1) is 0 Å². The maximum atomic E-state index is 9.41. The maximum absolute atomic E-state index is 9.41. The van der Waals surface area contributed by atoms with E-state index in [1.165, 1.54) is 6.07 Å². The van der Waals surface area contributed by atoms with Crippen molar-refractivity contribution in [3.05, 3.63) is 23.8 Å². The fourth-order valence-electron chi connectivity index (χ4n) is 1.15. The van der Waals surface area contributed by atoms with Gasteiger partial charge in [0.05, 0.1) is 0 Å². The topological polar surface area (TPSA) is 72.7 Å². The van der Waals surface area contributed by atoms with Crippen molar-refractivity contribution < 1.29 is 15.3 Å². The normalized spacial score (nSPS) is 10.4. The Bertz CT molecular complexity index is 289. The van der Waals surface area contributed by atoms with Gasteiger partial charge in [-0.3, -0.25) is 0 Å². The molecule has 0 saturated carbocycles. The minimum atomic E-state index is -0.105. The lowest BCUT2D eigenvalue weighted by molar-refractivity contribution is 0.286. The zero-order valence-corrected chi connectivity index (χ0v) is 7.90. The number of hydrogen-bond acceptors (Lipinski definition) is 4. The number of phenols is 2. The molecule has 0 aliphatic heterocycles. The van der Waals surface area contributed by atoms with Gasteiger partial charge in [-0.05, 0) is 19.0 Å². The molecule has 0 fully saturated rings. The van der Waals surface area contributed by atoms with Crippen molar-refractivity contribution in [1.82, 2.24) is 5.32 Å². The maximum Gasteiger partial charge on any atom is 0.161 e. The molecule has 0 unspecified atom stereocenters. The number of nitrogens with one attached hydrogen (secondary N) is 1. The lowest BCUT2D eigenvalue weighted by Crippen LogP contribution is -2.15. The first-order chi connectivity index (χ1) is 6.75. The van der Waals surface area contributed by atoms with E-state index in [0.29, 0.717) is 25.1 Å². The number of aromatic hydroxyl groups is 2. The molecule has 14 heavy (non-hydrogen) atoms. The Morgan fingerprint density at radius 3 is 2.71 bits per heavy atom. The van der Waals surface area contributed by atoms with Crippen LogP contribution in [0.25, 0.3) is 0 Å². The van der Waals surface area contributed by atoms with E-state index in [-0.39, 0.29) is 18.1 Å². The average Bonchev–Trinajstić information content (AvgIpc) is 2.19. The summed E-state index contributed by atoms with van der Waals surface area (Å²) in [5.74, 6) is -0.185. The molecule has 4 heteroatoms. The molecule has 78 valence electrons. The predicted molar refractivity (Wildman–Crippen MR) is 53.2 cm³/mol. The van der Waals surface area contributed by atoms with E-state index in [0.717, 1.165) is 0 Å². The SMILES string of the molecule is OCCCNCc1cccc(O)c1O. The van der Waals surface area contributed by atoms with E-state index in [2.05, 4.69) is 5.32 Å². The van der Waals surface area contributed by atoms with Gasteiger partial charge in [0, 0.05) is 18.7 Å². The fraction of sp³-hybridized carbons (Fsp3) is 0.400. The molecule has 0 saturated heterocycles. The molecule has 0 radical (unpaired) electrons. The molecular weight excluding hydrogens is 182 g/mol. The quantitative estimate of drug-likeness (QED) is 0.411. The van der Waals surface area contributed by atoms with E-state index in [9.17, 15) is 10.2 Å². The van der Waals surface area contributed by atoms with Crippen LogP contribution >= 0.6 is 0 Å². The Morgan fingerprint density at radius 2 is 2.00 bits per heavy atom. The van der Waals surface area contributed by atoms with Gasteiger partial charge in [0.2, 0.25) is 0 Å². The molecular formula is C10H15NO3. The Labute approximate surface area is 82.8 Å². The smallest absolute Gasteiger partial charge is 0.161 e. The van der Waals surface area contributed by atoms with Crippen LogP contribution in [0.5, 0.6) is 11.5 Å². The van der Waals surface area contributed by atoms with Gasteiger partial charge in [-0.1, -0.05) is 12.1 Å². The van der Waals surface area contributed by atoms with Gasteiger partial charge in [-0.25, -0.2) is 0 Å². The minimum Gasteiger partial charge on any atom is -0.504 e. The molecule has 0 atom stereocenters. The van der Waals surface area contributed by atoms with Gasteiger partial charge < -0.3 is 20.6 Å². The highest BCUT2D eigenvalue weighted by Gasteiger charge is 2.04. The van der Waals surface area contributed by atoms with Crippen LogP contribution in [-0.4, -0.2) is 28.5 Å². The number of para-hydroxylation sites is 1. The van der Waals surface area contributed by atoms with Crippen LogP contribution in [0.4, 0.5) is 0 Å². The predicted octanol–water partition coefficient (Wildman–Crippen LogP) is 0.570. The van der Waals surface area contributed by atoms with Gasteiger partial charge in [0.1, 0.15) is 0 Å². The number of phenolic OH excluding ortho intramolecular Hbond substituents is 2. The summed E-state index contributed by atoms with van der Waals surface area (Å²) in [5, 5.41) is 30.2. The van der Waals surface area contributed by atoms with E-state index in [1.807, 2.05) is 0 Å². The number of aliphatic hydroxyl groups excluding tert-OH is 1. The summed E-state index contributed by atoms with van der Waals surface area (Å²) < 4.78 is 0. The molecule has 0 aliphatic carbocycles. The summed E-state index contributed by atoms with van der Waals surface area (Å²) in [6, 6.07) is 4.85. The van der Waals surface area contributed by atoms with Crippen LogP contribution in [-0.2, 0) is 6.54 Å². The summed E-state index contributed by atoms with van der Waals surface area (Å²) in [7, 11) is 0. The van der Waals surface area contributed by atoms with Crippen molar-refractivity contribution >= 4 is 0 Å². The molecule has 0 heterocycles. The number of hydrogen-bond donors (Lipinski definition) is 4. The van der Waals surface area contributed by atoms with Gasteiger partial charge in [0.15, 0.2) is 11.5 Å². The summed E-state index contributed by atoms with van der Waals surface area (Å²) in [6.45, 7) is 1.32. The third kappa shape index (κ3) is 2.90. The van der Waals surface area contributed by atoms with Crippen LogP contribution in [0.2, 0.25) is 0 Å². The monoisotopic (exact) mass is 197 g/mol. The van der Waals surface area contributed by atoms with E-state index < -0.39 is 0 Å². The number of aliphatic hydroxyl groups is 1. The van der Waals surface area contributed by atoms with E-state index in [1.54, 1.807) is 12.1 Å². The van der Waals surface area contributed by atoms with Crippen molar-refractivity contribution in [3.8, 4) is 11.5 Å². The standard InChI is InChI=1S/C10H15NO3/c12-6-2-5-11-7-8-3-1-4-9(13)10(8)14/h1,3-4,11-14H,2,5-7H2. The lowest BCUT2D eigenvalue weighted by Gasteiger charge is -2.06. The first kappa shape index (κ1) is 10.8. The van der Waals surface area contributed by atoms with Gasteiger partial charge in [0.25, 0.3) is 0 Å². The Balaban J connectivity index is 2.46. The molecule has 0 aromatic heterocycles. The second-order valence-electron chi connectivity index (χ2n) is 3.04. The first-order valence-corrected chi connectivity index (χ1v) is 4.57.